The van der Waals surface area contributed by atoms with Crippen LogP contribution in [0.1, 0.15) is 48.5 Å². The molecule has 5 rings (SSSR count). The summed E-state index contributed by atoms with van der Waals surface area (Å²) in [6.07, 6.45) is 7.58. The van der Waals surface area contributed by atoms with Gasteiger partial charge in [-0.05, 0) is 49.3 Å². The van der Waals surface area contributed by atoms with Gasteiger partial charge < -0.3 is 15.1 Å². The number of nitrogens with zero attached hydrogens (tertiary/aromatic N) is 4. The zero-order valence-electron chi connectivity index (χ0n) is 16.2. The number of aliphatic hydroxyl groups excluding tert-OH is 1. The van der Waals surface area contributed by atoms with E-state index in [1.807, 2.05) is 12.1 Å². The standard InChI is InChI=1S/C22H28N4O2/c27-14-16-2-1-9-25(12-16)22-23-11-19-20(24-22)10-17-5-8-21(19)26(17)13-15-3-6-18(28)7-4-15/h3-4,6-7,11,16-17,21,27-28H,1-2,5,8-10,12-14H2. The third kappa shape index (κ3) is 3.25. The molecule has 6 heteroatoms. The maximum atomic E-state index is 9.53. The number of piperidine rings is 1. The summed E-state index contributed by atoms with van der Waals surface area (Å²) in [4.78, 5) is 14.5. The van der Waals surface area contributed by atoms with Crippen molar-refractivity contribution in [1.82, 2.24) is 14.9 Å². The van der Waals surface area contributed by atoms with Gasteiger partial charge in [0.2, 0.25) is 5.95 Å². The number of phenols is 1. The molecule has 0 radical (unpaired) electrons. The van der Waals surface area contributed by atoms with Gasteiger partial charge in [0.15, 0.2) is 0 Å². The predicted octanol–water partition coefficient (Wildman–Crippen LogP) is 2.65. The summed E-state index contributed by atoms with van der Waals surface area (Å²) in [7, 11) is 0. The van der Waals surface area contributed by atoms with E-state index >= 15 is 0 Å². The van der Waals surface area contributed by atoms with Crippen molar-refractivity contribution in [1.29, 1.82) is 0 Å². The van der Waals surface area contributed by atoms with Crippen LogP contribution in [0.4, 0.5) is 5.95 Å². The summed E-state index contributed by atoms with van der Waals surface area (Å²) in [5.41, 5.74) is 3.73. The molecule has 2 saturated heterocycles. The van der Waals surface area contributed by atoms with Gasteiger partial charge >= 0.3 is 0 Å². The van der Waals surface area contributed by atoms with Crippen LogP contribution in [0.5, 0.6) is 5.75 Å². The van der Waals surface area contributed by atoms with E-state index in [1.54, 1.807) is 12.1 Å². The van der Waals surface area contributed by atoms with Crippen LogP contribution >= 0.6 is 0 Å². The van der Waals surface area contributed by atoms with Crippen molar-refractivity contribution < 1.29 is 10.2 Å². The quantitative estimate of drug-likeness (QED) is 0.850. The molecule has 2 N–H and O–H groups in total. The van der Waals surface area contributed by atoms with Crippen LogP contribution in [-0.4, -0.2) is 50.8 Å². The number of benzene rings is 1. The number of fused-ring (bicyclic) bond motifs is 4. The Bertz CT molecular complexity index is 841. The third-order valence-electron chi connectivity index (χ3n) is 6.68. The van der Waals surface area contributed by atoms with E-state index in [0.29, 0.717) is 23.8 Å². The molecule has 4 heterocycles. The van der Waals surface area contributed by atoms with Crippen molar-refractivity contribution >= 4 is 5.95 Å². The Kier molecular flexibility index (Phi) is 4.69. The normalized spacial score (nSPS) is 27.0. The molecule has 0 amide bonds. The minimum Gasteiger partial charge on any atom is -0.508 e. The molecule has 0 aliphatic carbocycles. The van der Waals surface area contributed by atoms with Gasteiger partial charge in [-0.2, -0.15) is 0 Å². The zero-order valence-corrected chi connectivity index (χ0v) is 16.2. The van der Waals surface area contributed by atoms with Crippen molar-refractivity contribution in [3.63, 3.8) is 0 Å². The highest BCUT2D eigenvalue weighted by Crippen LogP contribution is 2.44. The number of hydrogen-bond acceptors (Lipinski definition) is 6. The fourth-order valence-electron chi connectivity index (χ4n) is 5.17. The lowest BCUT2D eigenvalue weighted by molar-refractivity contribution is 0.166. The zero-order chi connectivity index (χ0) is 19.1. The lowest BCUT2D eigenvalue weighted by atomic mass is 9.98. The second kappa shape index (κ2) is 7.33. The largest absolute Gasteiger partial charge is 0.508 e. The second-order valence-corrected chi connectivity index (χ2v) is 8.50. The minimum atomic E-state index is 0.248. The Morgan fingerprint density at radius 3 is 2.79 bits per heavy atom. The smallest absolute Gasteiger partial charge is 0.225 e. The maximum Gasteiger partial charge on any atom is 0.225 e. The van der Waals surface area contributed by atoms with Crippen LogP contribution in [0, 0.1) is 5.92 Å². The van der Waals surface area contributed by atoms with E-state index in [9.17, 15) is 10.2 Å². The Labute approximate surface area is 165 Å². The average Bonchev–Trinajstić information content (AvgIpc) is 3.01. The molecule has 0 spiro atoms. The molecule has 3 unspecified atom stereocenters. The highest BCUT2D eigenvalue weighted by atomic mass is 16.3. The molecule has 28 heavy (non-hydrogen) atoms. The Balaban J connectivity index is 1.36. The Hall–Kier alpha value is -2.18. The van der Waals surface area contributed by atoms with Crippen molar-refractivity contribution in [2.45, 2.75) is 50.7 Å². The first kappa shape index (κ1) is 17.9. The molecule has 3 aliphatic heterocycles. The van der Waals surface area contributed by atoms with Crippen LogP contribution in [-0.2, 0) is 13.0 Å². The van der Waals surface area contributed by atoms with Gasteiger partial charge in [-0.3, -0.25) is 4.90 Å². The van der Waals surface area contributed by atoms with Gasteiger partial charge in [0, 0.05) is 56.5 Å². The van der Waals surface area contributed by atoms with E-state index in [4.69, 9.17) is 9.97 Å². The summed E-state index contributed by atoms with van der Waals surface area (Å²) in [6, 6.07) is 8.48. The number of aromatic hydroxyl groups is 1. The molecule has 2 fully saturated rings. The van der Waals surface area contributed by atoms with E-state index < -0.39 is 0 Å². The van der Waals surface area contributed by atoms with Crippen LogP contribution in [0.3, 0.4) is 0 Å². The van der Waals surface area contributed by atoms with Crippen molar-refractivity contribution in [3.8, 4) is 5.75 Å². The van der Waals surface area contributed by atoms with Gasteiger partial charge in [-0.15, -0.1) is 0 Å². The molecule has 6 nitrogen and oxygen atoms in total. The van der Waals surface area contributed by atoms with Crippen LogP contribution in [0.15, 0.2) is 30.5 Å². The maximum absolute atomic E-state index is 9.53. The SMILES string of the molecule is OCC1CCCN(c2ncc3c(n2)CC2CCC3N2Cc2ccc(O)cc2)C1. The lowest BCUT2D eigenvalue weighted by Crippen LogP contribution is -2.40. The summed E-state index contributed by atoms with van der Waals surface area (Å²) >= 11 is 0. The van der Waals surface area contributed by atoms with E-state index in [-0.39, 0.29) is 6.61 Å². The van der Waals surface area contributed by atoms with Crippen LogP contribution in [0.25, 0.3) is 0 Å². The van der Waals surface area contributed by atoms with Crippen molar-refractivity contribution in [2.75, 3.05) is 24.6 Å². The third-order valence-corrected chi connectivity index (χ3v) is 6.68. The summed E-state index contributed by atoms with van der Waals surface area (Å²) in [5, 5.41) is 19.0. The average molecular weight is 380 g/mol. The number of hydrogen-bond donors (Lipinski definition) is 2. The van der Waals surface area contributed by atoms with Gasteiger partial charge in [0.1, 0.15) is 5.75 Å². The summed E-state index contributed by atoms with van der Waals surface area (Å²) < 4.78 is 0. The number of aliphatic hydroxyl groups is 1. The minimum absolute atomic E-state index is 0.248. The van der Waals surface area contributed by atoms with E-state index in [2.05, 4.69) is 16.0 Å². The number of rotatable bonds is 4. The molecule has 148 valence electrons. The fraction of sp³-hybridized carbons (Fsp3) is 0.545. The molecule has 1 aromatic carbocycles. The first-order valence-electron chi connectivity index (χ1n) is 10.5. The summed E-state index contributed by atoms with van der Waals surface area (Å²) in [6.45, 7) is 2.99. The van der Waals surface area contributed by atoms with Gasteiger partial charge in [-0.1, -0.05) is 12.1 Å². The Morgan fingerprint density at radius 1 is 1.11 bits per heavy atom. The van der Waals surface area contributed by atoms with Crippen molar-refractivity contribution in [2.24, 2.45) is 5.92 Å². The van der Waals surface area contributed by atoms with Crippen molar-refractivity contribution in [3.05, 3.63) is 47.3 Å². The van der Waals surface area contributed by atoms with Crippen LogP contribution < -0.4 is 4.90 Å². The predicted molar refractivity (Wildman–Crippen MR) is 107 cm³/mol. The second-order valence-electron chi connectivity index (χ2n) is 8.50. The monoisotopic (exact) mass is 380 g/mol. The highest BCUT2D eigenvalue weighted by molar-refractivity contribution is 5.38. The highest BCUT2D eigenvalue weighted by Gasteiger charge is 2.41. The molecular weight excluding hydrogens is 352 g/mol. The van der Waals surface area contributed by atoms with Gasteiger partial charge in [0.05, 0.1) is 5.69 Å². The lowest BCUT2D eigenvalue weighted by Gasteiger charge is -2.37. The van der Waals surface area contributed by atoms with Crippen LogP contribution in [0.2, 0.25) is 0 Å². The molecule has 0 saturated carbocycles. The molecule has 3 atom stereocenters. The first-order chi connectivity index (χ1) is 13.7. The van der Waals surface area contributed by atoms with E-state index in [0.717, 1.165) is 51.3 Å². The molecule has 1 aromatic heterocycles. The Morgan fingerprint density at radius 2 is 1.96 bits per heavy atom. The van der Waals surface area contributed by atoms with E-state index in [1.165, 1.54) is 23.2 Å². The number of aromatic nitrogens is 2. The molecular formula is C22H28N4O2. The fourth-order valence-corrected chi connectivity index (χ4v) is 5.17. The number of anilines is 1. The first-order valence-corrected chi connectivity index (χ1v) is 10.5. The molecule has 2 bridgehead atoms. The van der Waals surface area contributed by atoms with Gasteiger partial charge in [-0.25, -0.2) is 9.97 Å². The molecule has 2 aromatic rings. The molecule has 3 aliphatic rings. The topological polar surface area (TPSA) is 72.7 Å². The summed E-state index contributed by atoms with van der Waals surface area (Å²) in [5.74, 6) is 1.49. The number of phenolic OH excluding ortho intramolecular Hbond substituents is 1. The van der Waals surface area contributed by atoms with Gasteiger partial charge in [0.25, 0.3) is 0 Å².